The molecule has 2 atom stereocenters. The van der Waals surface area contributed by atoms with Gasteiger partial charge in [0.25, 0.3) is 0 Å². The van der Waals surface area contributed by atoms with Crippen molar-refractivity contribution in [1.29, 1.82) is 0 Å². The summed E-state index contributed by atoms with van der Waals surface area (Å²) in [6, 6.07) is 14.9. The van der Waals surface area contributed by atoms with Crippen LogP contribution in [0.15, 0.2) is 66.1 Å². The van der Waals surface area contributed by atoms with E-state index in [9.17, 15) is 17.6 Å². The van der Waals surface area contributed by atoms with Crippen LogP contribution in [0, 0.1) is 11.7 Å². The lowest BCUT2D eigenvalue weighted by Gasteiger charge is -2.20. The lowest BCUT2D eigenvalue weighted by molar-refractivity contribution is -0.122. The summed E-state index contributed by atoms with van der Waals surface area (Å²) in [6.45, 7) is 0. The molecule has 25 heavy (non-hydrogen) atoms. The van der Waals surface area contributed by atoms with Crippen LogP contribution < -0.4 is 5.32 Å². The summed E-state index contributed by atoms with van der Waals surface area (Å²) in [4.78, 5) is 12.4. The van der Waals surface area contributed by atoms with Gasteiger partial charge in [-0.05, 0) is 23.3 Å². The highest BCUT2D eigenvalue weighted by molar-refractivity contribution is 7.94. The molecular formula is C19H18FNO3S. The van der Waals surface area contributed by atoms with Gasteiger partial charge in [-0.25, -0.2) is 12.8 Å². The van der Waals surface area contributed by atoms with Crippen molar-refractivity contribution in [3.8, 4) is 0 Å². The number of hydrogen-bond donors (Lipinski definition) is 1. The molecule has 0 radical (unpaired) electrons. The molecule has 0 fully saturated rings. The van der Waals surface area contributed by atoms with E-state index < -0.39 is 15.9 Å². The number of sulfone groups is 1. The van der Waals surface area contributed by atoms with Crippen LogP contribution in [0.3, 0.4) is 0 Å². The van der Waals surface area contributed by atoms with Crippen molar-refractivity contribution < 1.29 is 17.6 Å². The molecule has 0 saturated carbocycles. The third-order valence-electron chi connectivity index (χ3n) is 4.09. The third-order valence-corrected chi connectivity index (χ3v) is 5.56. The molecule has 6 heteroatoms. The predicted molar refractivity (Wildman–Crippen MR) is 93.9 cm³/mol. The number of allylic oxidation sites excluding steroid dienone is 1. The van der Waals surface area contributed by atoms with Gasteiger partial charge >= 0.3 is 0 Å². The Kier molecular flexibility index (Phi) is 4.99. The van der Waals surface area contributed by atoms with Crippen LogP contribution in [-0.4, -0.2) is 20.1 Å². The van der Waals surface area contributed by atoms with Crippen molar-refractivity contribution in [2.24, 2.45) is 5.92 Å². The van der Waals surface area contributed by atoms with E-state index in [0.717, 1.165) is 11.1 Å². The normalized spacial score (nSPS) is 19.5. The van der Waals surface area contributed by atoms with Crippen LogP contribution >= 0.6 is 0 Å². The van der Waals surface area contributed by atoms with Crippen LogP contribution in [0.2, 0.25) is 0 Å². The molecule has 0 bridgehead atoms. The van der Waals surface area contributed by atoms with E-state index in [1.165, 1.54) is 17.5 Å². The molecule has 1 aliphatic rings. The van der Waals surface area contributed by atoms with Crippen LogP contribution in [0.25, 0.3) is 0 Å². The molecule has 130 valence electrons. The SMILES string of the molecule is O=C(CC1C=CS(=O)(=O)C1)NC(c1ccccc1)c1ccc(F)cc1. The maximum atomic E-state index is 13.2. The Labute approximate surface area is 146 Å². The van der Waals surface area contributed by atoms with E-state index in [2.05, 4.69) is 5.32 Å². The van der Waals surface area contributed by atoms with Crippen LogP contribution in [0.5, 0.6) is 0 Å². The molecule has 0 aromatic heterocycles. The summed E-state index contributed by atoms with van der Waals surface area (Å²) < 4.78 is 36.1. The summed E-state index contributed by atoms with van der Waals surface area (Å²) in [5.74, 6) is -0.935. The van der Waals surface area contributed by atoms with Gasteiger partial charge in [0.05, 0.1) is 11.8 Å². The maximum Gasteiger partial charge on any atom is 0.221 e. The van der Waals surface area contributed by atoms with Gasteiger partial charge in [-0.15, -0.1) is 0 Å². The lowest BCUT2D eigenvalue weighted by atomic mass is 9.98. The van der Waals surface area contributed by atoms with Crippen LogP contribution in [0.4, 0.5) is 4.39 Å². The Morgan fingerprint density at radius 3 is 2.32 bits per heavy atom. The van der Waals surface area contributed by atoms with Gasteiger partial charge in [0.2, 0.25) is 5.91 Å². The van der Waals surface area contributed by atoms with Crippen molar-refractivity contribution in [1.82, 2.24) is 5.32 Å². The molecule has 3 rings (SSSR count). The highest BCUT2D eigenvalue weighted by Gasteiger charge is 2.25. The van der Waals surface area contributed by atoms with Gasteiger partial charge in [0.15, 0.2) is 9.84 Å². The van der Waals surface area contributed by atoms with E-state index >= 15 is 0 Å². The average molecular weight is 359 g/mol. The summed E-state index contributed by atoms with van der Waals surface area (Å²) >= 11 is 0. The fraction of sp³-hybridized carbons (Fsp3) is 0.211. The number of hydrogen-bond acceptors (Lipinski definition) is 3. The number of amides is 1. The van der Waals surface area contributed by atoms with E-state index in [1.807, 2.05) is 30.3 Å². The zero-order valence-corrected chi connectivity index (χ0v) is 14.2. The van der Waals surface area contributed by atoms with Crippen LogP contribution in [0.1, 0.15) is 23.6 Å². The minimum Gasteiger partial charge on any atom is -0.345 e. The van der Waals surface area contributed by atoms with Crippen molar-refractivity contribution in [3.63, 3.8) is 0 Å². The van der Waals surface area contributed by atoms with Gasteiger partial charge < -0.3 is 5.32 Å². The molecule has 4 nitrogen and oxygen atoms in total. The molecule has 0 aliphatic carbocycles. The standard InChI is InChI=1S/C19H18FNO3S/c20-17-8-6-16(7-9-17)19(15-4-2-1-3-5-15)21-18(22)12-14-10-11-25(23,24)13-14/h1-11,14,19H,12-13H2,(H,21,22). The molecule has 1 aliphatic heterocycles. The summed E-state index contributed by atoms with van der Waals surface area (Å²) in [7, 11) is -3.18. The Hall–Kier alpha value is -2.47. The minimum absolute atomic E-state index is 0.0348. The second kappa shape index (κ2) is 7.19. The first-order chi connectivity index (χ1) is 11.9. The smallest absolute Gasteiger partial charge is 0.221 e. The largest absolute Gasteiger partial charge is 0.345 e. The van der Waals surface area contributed by atoms with Crippen molar-refractivity contribution in [2.45, 2.75) is 12.5 Å². The van der Waals surface area contributed by atoms with Gasteiger partial charge in [0, 0.05) is 17.7 Å². The van der Waals surface area contributed by atoms with E-state index in [1.54, 1.807) is 18.2 Å². The van der Waals surface area contributed by atoms with Gasteiger partial charge in [0.1, 0.15) is 5.82 Å². The Balaban J connectivity index is 1.77. The number of nitrogens with one attached hydrogen (secondary N) is 1. The average Bonchev–Trinajstić information content (AvgIpc) is 2.93. The first kappa shape index (κ1) is 17.4. The topological polar surface area (TPSA) is 63.2 Å². The minimum atomic E-state index is -3.18. The molecule has 2 aromatic carbocycles. The molecule has 0 saturated heterocycles. The molecule has 2 unspecified atom stereocenters. The first-order valence-electron chi connectivity index (χ1n) is 7.94. The number of halogens is 1. The summed E-state index contributed by atoms with van der Waals surface area (Å²) in [5.41, 5.74) is 1.63. The zero-order chi connectivity index (χ0) is 17.9. The third kappa shape index (κ3) is 4.54. The summed E-state index contributed by atoms with van der Waals surface area (Å²) in [6.07, 6.45) is 1.66. The Morgan fingerprint density at radius 2 is 1.72 bits per heavy atom. The second-order valence-corrected chi connectivity index (χ2v) is 8.02. The molecular weight excluding hydrogens is 341 g/mol. The quantitative estimate of drug-likeness (QED) is 0.893. The maximum absolute atomic E-state index is 13.2. The summed E-state index contributed by atoms with van der Waals surface area (Å²) in [5, 5.41) is 4.10. The van der Waals surface area contributed by atoms with E-state index in [-0.39, 0.29) is 29.8 Å². The number of rotatable bonds is 5. The van der Waals surface area contributed by atoms with Gasteiger partial charge in [-0.3, -0.25) is 4.79 Å². The Bertz CT molecular complexity index is 877. The predicted octanol–water partition coefficient (Wildman–Crippen LogP) is 2.98. The number of benzene rings is 2. The van der Waals surface area contributed by atoms with E-state index in [0.29, 0.717) is 0 Å². The number of carbonyl (C=O) groups is 1. The van der Waals surface area contributed by atoms with Crippen molar-refractivity contribution >= 4 is 15.7 Å². The molecule has 1 amide bonds. The van der Waals surface area contributed by atoms with Crippen molar-refractivity contribution in [3.05, 3.63) is 83.0 Å². The van der Waals surface area contributed by atoms with E-state index in [4.69, 9.17) is 0 Å². The molecule has 1 heterocycles. The monoisotopic (exact) mass is 359 g/mol. The van der Waals surface area contributed by atoms with Gasteiger partial charge in [-0.1, -0.05) is 48.5 Å². The van der Waals surface area contributed by atoms with Crippen LogP contribution in [-0.2, 0) is 14.6 Å². The first-order valence-corrected chi connectivity index (χ1v) is 9.65. The van der Waals surface area contributed by atoms with Crippen molar-refractivity contribution in [2.75, 3.05) is 5.75 Å². The fourth-order valence-electron chi connectivity index (χ4n) is 2.89. The second-order valence-electron chi connectivity index (χ2n) is 6.09. The number of carbonyl (C=O) groups excluding carboxylic acids is 1. The van der Waals surface area contributed by atoms with Gasteiger partial charge in [-0.2, -0.15) is 0 Å². The Morgan fingerprint density at radius 1 is 1.08 bits per heavy atom. The zero-order valence-electron chi connectivity index (χ0n) is 13.4. The molecule has 0 spiro atoms. The molecule has 2 aromatic rings. The molecule has 1 N–H and O–H groups in total. The lowest BCUT2D eigenvalue weighted by Crippen LogP contribution is -2.31. The fourth-order valence-corrected chi connectivity index (χ4v) is 4.28. The highest BCUT2D eigenvalue weighted by atomic mass is 32.2. The highest BCUT2D eigenvalue weighted by Crippen LogP contribution is 2.24.